The Labute approximate surface area is 110 Å². The summed E-state index contributed by atoms with van der Waals surface area (Å²) < 4.78 is 0. The Balaban J connectivity index is 2.27. The minimum absolute atomic E-state index is 0.455. The normalized spacial score (nSPS) is 12.4. The minimum atomic E-state index is 0.455. The van der Waals surface area contributed by atoms with Crippen LogP contribution >= 0.6 is 0 Å². The van der Waals surface area contributed by atoms with Crippen LogP contribution in [0, 0.1) is 6.92 Å². The maximum atomic E-state index is 3.34. The minimum Gasteiger partial charge on any atom is -0.313 e. The van der Waals surface area contributed by atoms with E-state index in [1.165, 1.54) is 22.3 Å². The molecule has 0 radical (unpaired) electrons. The zero-order chi connectivity index (χ0) is 13.0. The lowest BCUT2D eigenvalue weighted by molar-refractivity contribution is 0.577. The average Bonchev–Trinajstić information content (AvgIpc) is 2.41. The first-order chi connectivity index (χ1) is 8.74. The molecule has 2 aromatic carbocycles. The number of benzene rings is 2. The summed E-state index contributed by atoms with van der Waals surface area (Å²) in [6, 6.07) is 18.0. The van der Waals surface area contributed by atoms with E-state index in [1.54, 1.807) is 0 Å². The summed E-state index contributed by atoms with van der Waals surface area (Å²) in [6.45, 7) is 4.33. The van der Waals surface area contributed by atoms with Gasteiger partial charge in [0.25, 0.3) is 0 Å². The molecule has 0 aliphatic rings. The van der Waals surface area contributed by atoms with Gasteiger partial charge in [0, 0.05) is 6.04 Å². The Morgan fingerprint density at radius 3 is 2.28 bits per heavy atom. The molecule has 1 heteroatoms. The molecule has 0 aliphatic carbocycles. The fraction of sp³-hybridized carbons (Fsp3) is 0.294. The van der Waals surface area contributed by atoms with Crippen LogP contribution in [0.3, 0.4) is 0 Å². The van der Waals surface area contributed by atoms with Crippen molar-refractivity contribution in [2.45, 2.75) is 26.3 Å². The fourth-order valence-electron chi connectivity index (χ4n) is 2.34. The lowest BCUT2D eigenvalue weighted by Crippen LogP contribution is -2.14. The third-order valence-electron chi connectivity index (χ3n) is 3.42. The highest BCUT2D eigenvalue weighted by atomic mass is 14.9. The highest BCUT2D eigenvalue weighted by molar-refractivity contribution is 5.64. The van der Waals surface area contributed by atoms with Gasteiger partial charge in [0.2, 0.25) is 0 Å². The van der Waals surface area contributed by atoms with Gasteiger partial charge in [-0.05, 0) is 37.1 Å². The molecule has 18 heavy (non-hydrogen) atoms. The van der Waals surface area contributed by atoms with Gasteiger partial charge in [-0.3, -0.25) is 0 Å². The van der Waals surface area contributed by atoms with E-state index >= 15 is 0 Å². The zero-order valence-electron chi connectivity index (χ0n) is 11.4. The molecule has 2 aromatic rings. The van der Waals surface area contributed by atoms with Crippen molar-refractivity contribution < 1.29 is 0 Å². The predicted octanol–water partition coefficient (Wildman–Crippen LogP) is 4.33. The topological polar surface area (TPSA) is 12.0 Å². The third kappa shape index (κ3) is 2.80. The predicted molar refractivity (Wildman–Crippen MR) is 78.7 cm³/mol. The second kappa shape index (κ2) is 5.83. The van der Waals surface area contributed by atoms with Crippen molar-refractivity contribution in [3.8, 4) is 11.1 Å². The van der Waals surface area contributed by atoms with Crippen LogP contribution in [0.1, 0.15) is 30.5 Å². The summed E-state index contributed by atoms with van der Waals surface area (Å²) in [5.41, 5.74) is 5.24. The van der Waals surface area contributed by atoms with Crippen LogP contribution in [0.4, 0.5) is 0 Å². The molecule has 0 fully saturated rings. The van der Waals surface area contributed by atoms with Gasteiger partial charge in [0.15, 0.2) is 0 Å². The van der Waals surface area contributed by atoms with Gasteiger partial charge in [0.05, 0.1) is 0 Å². The maximum Gasteiger partial charge on any atom is 0.0314 e. The van der Waals surface area contributed by atoms with Gasteiger partial charge in [-0.1, -0.05) is 61.0 Å². The zero-order valence-corrected chi connectivity index (χ0v) is 11.4. The Morgan fingerprint density at radius 1 is 1.00 bits per heavy atom. The largest absolute Gasteiger partial charge is 0.313 e. The first-order valence-corrected chi connectivity index (χ1v) is 6.59. The molecule has 1 unspecified atom stereocenters. The first-order valence-electron chi connectivity index (χ1n) is 6.59. The summed E-state index contributed by atoms with van der Waals surface area (Å²) in [4.78, 5) is 0. The van der Waals surface area contributed by atoms with Crippen molar-refractivity contribution in [3.05, 3.63) is 59.7 Å². The Kier molecular flexibility index (Phi) is 4.16. The third-order valence-corrected chi connectivity index (χ3v) is 3.42. The number of hydrogen-bond acceptors (Lipinski definition) is 1. The Morgan fingerprint density at radius 2 is 1.72 bits per heavy atom. The second-order valence-electron chi connectivity index (χ2n) is 4.74. The van der Waals surface area contributed by atoms with Crippen LogP contribution in [0.15, 0.2) is 48.5 Å². The van der Waals surface area contributed by atoms with Crippen LogP contribution in [0.2, 0.25) is 0 Å². The lowest BCUT2D eigenvalue weighted by atomic mass is 9.99. The van der Waals surface area contributed by atoms with Crippen molar-refractivity contribution in [1.82, 2.24) is 5.32 Å². The standard InChI is InChI=1S/C17H21N/c1-4-17(18-3)15-10-8-14(9-11-15)16-7-5-6-13(2)12-16/h5-12,17-18H,4H2,1-3H3. The fourth-order valence-corrected chi connectivity index (χ4v) is 2.34. The molecule has 0 spiro atoms. The van der Waals surface area contributed by atoms with Gasteiger partial charge in [0.1, 0.15) is 0 Å². The number of rotatable bonds is 4. The molecule has 1 nitrogen and oxygen atoms in total. The molecular weight excluding hydrogens is 218 g/mol. The summed E-state index contributed by atoms with van der Waals surface area (Å²) in [5.74, 6) is 0. The summed E-state index contributed by atoms with van der Waals surface area (Å²) in [6.07, 6.45) is 1.11. The molecule has 0 saturated carbocycles. The smallest absolute Gasteiger partial charge is 0.0314 e. The monoisotopic (exact) mass is 239 g/mol. The first kappa shape index (κ1) is 12.8. The molecule has 94 valence electrons. The van der Waals surface area contributed by atoms with Gasteiger partial charge in [-0.15, -0.1) is 0 Å². The summed E-state index contributed by atoms with van der Waals surface area (Å²) >= 11 is 0. The molecule has 0 bridgehead atoms. The van der Waals surface area contributed by atoms with E-state index in [1.807, 2.05) is 7.05 Å². The molecule has 0 heterocycles. The highest BCUT2D eigenvalue weighted by Crippen LogP contribution is 2.23. The van der Waals surface area contributed by atoms with Gasteiger partial charge >= 0.3 is 0 Å². The van der Waals surface area contributed by atoms with E-state index in [4.69, 9.17) is 0 Å². The van der Waals surface area contributed by atoms with E-state index in [2.05, 4.69) is 67.7 Å². The molecule has 0 aromatic heterocycles. The van der Waals surface area contributed by atoms with Crippen LogP contribution in [0.5, 0.6) is 0 Å². The molecule has 0 saturated heterocycles. The number of nitrogens with one attached hydrogen (secondary N) is 1. The van der Waals surface area contributed by atoms with Crippen LogP contribution in [0.25, 0.3) is 11.1 Å². The van der Waals surface area contributed by atoms with E-state index in [-0.39, 0.29) is 0 Å². The van der Waals surface area contributed by atoms with Crippen molar-refractivity contribution in [2.24, 2.45) is 0 Å². The second-order valence-corrected chi connectivity index (χ2v) is 4.74. The quantitative estimate of drug-likeness (QED) is 0.837. The number of hydrogen-bond donors (Lipinski definition) is 1. The average molecular weight is 239 g/mol. The summed E-state index contributed by atoms with van der Waals surface area (Å²) in [7, 11) is 2.02. The van der Waals surface area contributed by atoms with Crippen LogP contribution in [-0.2, 0) is 0 Å². The van der Waals surface area contributed by atoms with E-state index in [9.17, 15) is 0 Å². The number of aryl methyl sites for hydroxylation is 1. The van der Waals surface area contributed by atoms with Crippen molar-refractivity contribution >= 4 is 0 Å². The van der Waals surface area contributed by atoms with Crippen molar-refractivity contribution in [2.75, 3.05) is 7.05 Å². The molecule has 1 N–H and O–H groups in total. The van der Waals surface area contributed by atoms with Crippen LogP contribution in [-0.4, -0.2) is 7.05 Å². The van der Waals surface area contributed by atoms with Crippen molar-refractivity contribution in [3.63, 3.8) is 0 Å². The molecule has 0 amide bonds. The van der Waals surface area contributed by atoms with E-state index < -0.39 is 0 Å². The van der Waals surface area contributed by atoms with E-state index in [0.717, 1.165) is 6.42 Å². The van der Waals surface area contributed by atoms with Gasteiger partial charge in [-0.25, -0.2) is 0 Å². The molecule has 0 aliphatic heterocycles. The van der Waals surface area contributed by atoms with Gasteiger partial charge < -0.3 is 5.32 Å². The highest BCUT2D eigenvalue weighted by Gasteiger charge is 2.06. The Bertz CT molecular complexity index is 495. The van der Waals surface area contributed by atoms with Crippen LogP contribution < -0.4 is 5.32 Å². The Hall–Kier alpha value is -1.60. The molecule has 2 rings (SSSR count). The maximum absolute atomic E-state index is 3.34. The van der Waals surface area contributed by atoms with Gasteiger partial charge in [-0.2, -0.15) is 0 Å². The SMILES string of the molecule is CCC(NC)c1ccc(-c2cccc(C)c2)cc1. The van der Waals surface area contributed by atoms with Crippen molar-refractivity contribution in [1.29, 1.82) is 0 Å². The summed E-state index contributed by atoms with van der Waals surface area (Å²) in [5, 5.41) is 3.34. The van der Waals surface area contributed by atoms with E-state index in [0.29, 0.717) is 6.04 Å². The molecular formula is C17H21N. The molecule has 1 atom stereocenters. The lowest BCUT2D eigenvalue weighted by Gasteiger charge is -2.14.